The van der Waals surface area contributed by atoms with E-state index in [9.17, 15) is 18.0 Å². The van der Waals surface area contributed by atoms with E-state index < -0.39 is 22.5 Å². The predicted molar refractivity (Wildman–Crippen MR) is 166 cm³/mol. The number of hydrogen-bond donors (Lipinski definition) is 2. The molecule has 0 aliphatic carbocycles. The van der Waals surface area contributed by atoms with Gasteiger partial charge in [-0.1, -0.05) is 64.0 Å². The molecule has 0 unspecified atom stereocenters. The van der Waals surface area contributed by atoms with E-state index in [-0.39, 0.29) is 17.4 Å². The Kier molecular flexibility index (Phi) is 10.5. The van der Waals surface area contributed by atoms with Crippen molar-refractivity contribution in [2.45, 2.75) is 18.4 Å². The number of rotatable bonds is 12. The summed E-state index contributed by atoms with van der Waals surface area (Å²) in [5.74, 6) is -0.363. The molecule has 0 radical (unpaired) electrons. The Labute approximate surface area is 253 Å². The highest BCUT2D eigenvalue weighted by atomic mass is 79.9. The van der Waals surface area contributed by atoms with Gasteiger partial charge in [0.15, 0.2) is 6.61 Å². The molecule has 4 aromatic rings. The van der Waals surface area contributed by atoms with Crippen molar-refractivity contribution in [3.05, 3.63) is 124 Å². The van der Waals surface area contributed by atoms with E-state index in [2.05, 4.69) is 31.8 Å². The normalized spacial score (nSPS) is 11.2. The summed E-state index contributed by atoms with van der Waals surface area (Å²) >= 11 is 3.35. The maximum atomic E-state index is 13.4. The lowest BCUT2D eigenvalue weighted by Gasteiger charge is -2.23. The molecule has 4 aromatic carbocycles. The quantitative estimate of drug-likeness (QED) is 0.169. The fraction of sp³-hybridized carbons (Fsp3) is 0.129. The van der Waals surface area contributed by atoms with Crippen molar-refractivity contribution < 1.29 is 22.7 Å². The largest absolute Gasteiger partial charge is 0.484 e. The van der Waals surface area contributed by atoms with Crippen LogP contribution in [0.25, 0.3) is 0 Å². The topological polar surface area (TPSA) is 117 Å². The first-order chi connectivity index (χ1) is 20.2. The molecule has 4 rings (SSSR count). The average Bonchev–Trinajstić information content (AvgIpc) is 2.99. The number of benzene rings is 4. The Hall–Kier alpha value is -4.48. The molecular formula is C31H29BrN4O5S. The van der Waals surface area contributed by atoms with Gasteiger partial charge in [0.05, 0.1) is 16.8 Å². The molecule has 9 nitrogen and oxygen atoms in total. The first-order valence-corrected chi connectivity index (χ1v) is 15.1. The highest BCUT2D eigenvalue weighted by Crippen LogP contribution is 2.25. The zero-order valence-corrected chi connectivity index (χ0v) is 25.1. The summed E-state index contributed by atoms with van der Waals surface area (Å²) in [6.45, 7) is 1.68. The van der Waals surface area contributed by atoms with Gasteiger partial charge in [0.25, 0.3) is 21.8 Å². The molecule has 0 aliphatic heterocycles. The lowest BCUT2D eigenvalue weighted by molar-refractivity contribution is -0.123. The van der Waals surface area contributed by atoms with Crippen molar-refractivity contribution in [3.8, 4) is 5.75 Å². The summed E-state index contributed by atoms with van der Waals surface area (Å²) in [5, 5.41) is 6.76. The van der Waals surface area contributed by atoms with Crippen LogP contribution >= 0.6 is 15.9 Å². The van der Waals surface area contributed by atoms with E-state index in [0.29, 0.717) is 23.5 Å². The summed E-state index contributed by atoms with van der Waals surface area (Å²) in [4.78, 5) is 24.9. The number of anilines is 1. The molecule has 216 valence electrons. The smallest absolute Gasteiger partial charge is 0.264 e. The summed E-state index contributed by atoms with van der Waals surface area (Å²) in [5.41, 5.74) is 5.30. The Bertz CT molecular complexity index is 1630. The third kappa shape index (κ3) is 8.76. The van der Waals surface area contributed by atoms with E-state index in [1.807, 2.05) is 37.3 Å². The SMILES string of the molecule is Cc1ccc(S(=O)(=O)N(CC(=O)N/N=C\c2ccc(OCC(=O)NCc3ccccc3)cc2)c2ccc(Br)cc2)cc1. The highest BCUT2D eigenvalue weighted by Gasteiger charge is 2.27. The molecule has 0 heterocycles. The molecule has 0 fully saturated rings. The Morgan fingerprint density at radius 3 is 2.21 bits per heavy atom. The van der Waals surface area contributed by atoms with E-state index >= 15 is 0 Å². The number of ether oxygens (including phenoxy) is 1. The second-order valence-corrected chi connectivity index (χ2v) is 12.0. The summed E-state index contributed by atoms with van der Waals surface area (Å²) < 4.78 is 34.2. The number of sulfonamides is 1. The monoisotopic (exact) mass is 648 g/mol. The Morgan fingerprint density at radius 1 is 0.881 bits per heavy atom. The van der Waals surface area contributed by atoms with Crippen molar-refractivity contribution >= 4 is 49.7 Å². The number of carbonyl (C=O) groups is 2. The van der Waals surface area contributed by atoms with E-state index in [1.54, 1.807) is 60.7 Å². The van der Waals surface area contributed by atoms with E-state index in [4.69, 9.17) is 4.74 Å². The Morgan fingerprint density at radius 2 is 1.55 bits per heavy atom. The maximum Gasteiger partial charge on any atom is 0.264 e. The van der Waals surface area contributed by atoms with Crippen molar-refractivity contribution in [3.63, 3.8) is 0 Å². The fourth-order valence-electron chi connectivity index (χ4n) is 3.75. The number of aryl methyl sites for hydroxylation is 1. The summed E-state index contributed by atoms with van der Waals surface area (Å²) in [7, 11) is -4.03. The van der Waals surface area contributed by atoms with Gasteiger partial charge in [-0.25, -0.2) is 13.8 Å². The number of halogens is 1. The molecule has 0 saturated heterocycles. The zero-order valence-electron chi connectivity index (χ0n) is 22.7. The number of nitrogens with one attached hydrogen (secondary N) is 2. The van der Waals surface area contributed by atoms with Crippen LogP contribution in [0, 0.1) is 6.92 Å². The second kappa shape index (κ2) is 14.4. The molecule has 0 atom stereocenters. The van der Waals surface area contributed by atoms with E-state index in [0.717, 1.165) is 19.9 Å². The van der Waals surface area contributed by atoms with Gasteiger partial charge in [-0.05, 0) is 78.7 Å². The minimum Gasteiger partial charge on any atom is -0.484 e. The summed E-state index contributed by atoms with van der Waals surface area (Å²) in [6.07, 6.45) is 1.42. The van der Waals surface area contributed by atoms with Gasteiger partial charge in [-0.3, -0.25) is 13.9 Å². The zero-order chi connectivity index (χ0) is 30.0. The van der Waals surface area contributed by atoms with Gasteiger partial charge < -0.3 is 10.1 Å². The van der Waals surface area contributed by atoms with Crippen LogP contribution in [0.15, 0.2) is 118 Å². The van der Waals surface area contributed by atoms with Crippen LogP contribution in [0.4, 0.5) is 5.69 Å². The summed E-state index contributed by atoms with van der Waals surface area (Å²) in [6, 6.07) is 29.4. The highest BCUT2D eigenvalue weighted by molar-refractivity contribution is 9.10. The lowest BCUT2D eigenvalue weighted by Crippen LogP contribution is -2.39. The average molecular weight is 650 g/mol. The van der Waals surface area contributed by atoms with Crippen LogP contribution in [-0.2, 0) is 26.2 Å². The van der Waals surface area contributed by atoms with Crippen molar-refractivity contribution in [1.82, 2.24) is 10.7 Å². The predicted octanol–water partition coefficient (Wildman–Crippen LogP) is 4.80. The van der Waals surface area contributed by atoms with Crippen LogP contribution in [0.2, 0.25) is 0 Å². The molecular weight excluding hydrogens is 620 g/mol. The Balaban J connectivity index is 1.32. The molecule has 0 saturated carbocycles. The van der Waals surface area contributed by atoms with Gasteiger partial charge in [0, 0.05) is 11.0 Å². The fourth-order valence-corrected chi connectivity index (χ4v) is 5.44. The van der Waals surface area contributed by atoms with Gasteiger partial charge in [0.1, 0.15) is 12.3 Å². The molecule has 0 aliphatic rings. The first-order valence-electron chi connectivity index (χ1n) is 12.9. The minimum absolute atomic E-state index is 0.0725. The van der Waals surface area contributed by atoms with Crippen LogP contribution in [0.1, 0.15) is 16.7 Å². The van der Waals surface area contributed by atoms with Gasteiger partial charge in [-0.15, -0.1) is 0 Å². The molecule has 0 spiro atoms. The third-order valence-electron chi connectivity index (χ3n) is 6.00. The van der Waals surface area contributed by atoms with Gasteiger partial charge in [-0.2, -0.15) is 5.10 Å². The van der Waals surface area contributed by atoms with Gasteiger partial charge in [0.2, 0.25) is 0 Å². The van der Waals surface area contributed by atoms with E-state index in [1.165, 1.54) is 18.3 Å². The van der Waals surface area contributed by atoms with Crippen molar-refractivity contribution in [2.75, 3.05) is 17.5 Å². The molecule has 2 N–H and O–H groups in total. The number of amides is 2. The molecule has 11 heteroatoms. The lowest BCUT2D eigenvalue weighted by atomic mass is 10.2. The number of hydrogen-bond acceptors (Lipinski definition) is 6. The van der Waals surface area contributed by atoms with Crippen molar-refractivity contribution in [2.24, 2.45) is 5.10 Å². The minimum atomic E-state index is -4.03. The standard InChI is InChI=1S/C31H29BrN4O5S/c1-23-7-17-29(18-8-23)42(39,40)36(27-13-11-26(32)12-14-27)21-30(37)35-34-20-25-9-15-28(16-10-25)41-22-31(38)33-19-24-5-3-2-4-6-24/h2-18,20H,19,21-22H2,1H3,(H,33,38)(H,35,37)/b34-20-. The second-order valence-electron chi connectivity index (χ2n) is 9.21. The third-order valence-corrected chi connectivity index (χ3v) is 8.31. The van der Waals surface area contributed by atoms with Gasteiger partial charge >= 0.3 is 0 Å². The number of carbonyl (C=O) groups excluding carboxylic acids is 2. The molecule has 0 aromatic heterocycles. The molecule has 0 bridgehead atoms. The van der Waals surface area contributed by atoms with Crippen molar-refractivity contribution in [1.29, 1.82) is 0 Å². The van der Waals surface area contributed by atoms with Crippen LogP contribution in [0.3, 0.4) is 0 Å². The van der Waals surface area contributed by atoms with Crippen LogP contribution in [-0.4, -0.2) is 39.6 Å². The number of nitrogens with zero attached hydrogens (tertiary/aromatic N) is 2. The molecule has 42 heavy (non-hydrogen) atoms. The van der Waals surface area contributed by atoms with Crippen LogP contribution in [0.5, 0.6) is 5.75 Å². The van der Waals surface area contributed by atoms with Crippen LogP contribution < -0.4 is 19.8 Å². The first kappa shape index (κ1) is 30.5. The molecule has 2 amide bonds. The maximum absolute atomic E-state index is 13.4. The number of hydrazone groups is 1.